The predicted molar refractivity (Wildman–Crippen MR) is 156 cm³/mol. The third-order valence-corrected chi connectivity index (χ3v) is 6.88. The lowest BCUT2D eigenvalue weighted by molar-refractivity contribution is -0.137. The number of halogens is 3. The van der Waals surface area contributed by atoms with Gasteiger partial charge in [0.2, 0.25) is 11.8 Å². The highest BCUT2D eigenvalue weighted by atomic mass is 19.4. The highest BCUT2D eigenvalue weighted by Crippen LogP contribution is 2.30. The van der Waals surface area contributed by atoms with E-state index in [0.29, 0.717) is 23.5 Å². The minimum atomic E-state index is -4.45. The molecule has 1 saturated heterocycles. The number of rotatable bonds is 10. The van der Waals surface area contributed by atoms with E-state index in [-0.39, 0.29) is 17.5 Å². The Labute approximate surface area is 237 Å². The molecule has 5 N–H and O–H groups in total. The number of alkyl halides is 3. The van der Waals surface area contributed by atoms with Crippen molar-refractivity contribution < 1.29 is 22.8 Å². The normalized spacial score (nSPS) is 15.0. The maximum absolute atomic E-state index is 13.3. The SMILES string of the molecule is Nc1ccccc1NC(=O)/C=C/c1ccc(C(NCCN2CCCCC2)C(=O)Nc2ccc(C(F)(F)F)cc2)cc1. The summed E-state index contributed by atoms with van der Waals surface area (Å²) >= 11 is 0. The molecule has 3 aromatic carbocycles. The second-order valence-electron chi connectivity index (χ2n) is 9.93. The number of likely N-dealkylation sites (tertiary alicyclic amines) is 1. The molecular weight excluding hydrogens is 531 g/mol. The molecular formula is C31H34F3N5O2. The van der Waals surface area contributed by atoms with E-state index in [1.165, 1.54) is 24.6 Å². The second kappa shape index (κ2) is 14.0. The monoisotopic (exact) mass is 565 g/mol. The second-order valence-corrected chi connectivity index (χ2v) is 9.93. The van der Waals surface area contributed by atoms with Gasteiger partial charge >= 0.3 is 6.18 Å². The number of carbonyl (C=O) groups is 2. The Morgan fingerprint density at radius 1 is 0.902 bits per heavy atom. The predicted octanol–water partition coefficient (Wildman–Crippen LogP) is 5.69. The number of benzene rings is 3. The molecule has 10 heteroatoms. The molecule has 4 rings (SSSR count). The highest BCUT2D eigenvalue weighted by molar-refractivity contribution is 6.03. The van der Waals surface area contributed by atoms with Crippen molar-refractivity contribution >= 4 is 35.0 Å². The smallest absolute Gasteiger partial charge is 0.397 e. The average molecular weight is 566 g/mol. The van der Waals surface area contributed by atoms with Gasteiger partial charge in [-0.2, -0.15) is 13.2 Å². The van der Waals surface area contributed by atoms with Gasteiger partial charge in [-0.05, 0) is 79.5 Å². The summed E-state index contributed by atoms with van der Waals surface area (Å²) in [6.45, 7) is 3.40. The van der Waals surface area contributed by atoms with E-state index in [9.17, 15) is 22.8 Å². The minimum Gasteiger partial charge on any atom is -0.397 e. The van der Waals surface area contributed by atoms with Crippen molar-refractivity contribution in [3.05, 3.63) is 95.6 Å². The summed E-state index contributed by atoms with van der Waals surface area (Å²) in [6.07, 6.45) is 2.14. The molecule has 3 aromatic rings. The molecule has 0 radical (unpaired) electrons. The summed E-state index contributed by atoms with van der Waals surface area (Å²) in [5.74, 6) is -0.716. The van der Waals surface area contributed by atoms with Gasteiger partial charge in [0, 0.05) is 24.9 Å². The van der Waals surface area contributed by atoms with Gasteiger partial charge in [-0.1, -0.05) is 42.8 Å². The standard InChI is InChI=1S/C31H34F3N5O2/c32-31(33,34)24-13-15-25(16-14-24)37-30(41)29(36-18-21-39-19-4-1-5-20-39)23-11-8-22(9-12-23)10-17-28(40)38-27-7-3-2-6-26(27)35/h2-3,6-17,29,36H,1,4-5,18-21,35H2,(H,37,41)(H,38,40)/b17-10+. The van der Waals surface area contributed by atoms with Crippen LogP contribution in [0.5, 0.6) is 0 Å². The summed E-state index contributed by atoms with van der Waals surface area (Å²) in [5.41, 5.74) is 7.79. The highest BCUT2D eigenvalue weighted by Gasteiger charge is 2.30. The van der Waals surface area contributed by atoms with Crippen molar-refractivity contribution in [2.24, 2.45) is 0 Å². The van der Waals surface area contributed by atoms with Crippen LogP contribution < -0.4 is 21.7 Å². The van der Waals surface area contributed by atoms with E-state index in [1.54, 1.807) is 54.6 Å². The van der Waals surface area contributed by atoms with E-state index in [1.807, 2.05) is 0 Å². The average Bonchev–Trinajstić information content (AvgIpc) is 2.96. The number of para-hydroxylation sites is 2. The van der Waals surface area contributed by atoms with Crippen molar-refractivity contribution in [1.29, 1.82) is 0 Å². The third-order valence-electron chi connectivity index (χ3n) is 6.88. The Morgan fingerprint density at radius 3 is 2.24 bits per heavy atom. The van der Waals surface area contributed by atoms with Crippen LogP contribution in [-0.2, 0) is 15.8 Å². The van der Waals surface area contributed by atoms with Gasteiger partial charge in [0.15, 0.2) is 0 Å². The molecule has 0 bridgehead atoms. The number of carbonyl (C=O) groups excluding carboxylic acids is 2. The molecule has 0 aromatic heterocycles. The fraction of sp³-hybridized carbons (Fsp3) is 0.290. The first-order valence-electron chi connectivity index (χ1n) is 13.6. The zero-order chi connectivity index (χ0) is 29.2. The van der Waals surface area contributed by atoms with Gasteiger partial charge in [-0.25, -0.2) is 0 Å². The van der Waals surface area contributed by atoms with Gasteiger partial charge in [0.25, 0.3) is 0 Å². The van der Waals surface area contributed by atoms with Gasteiger partial charge in [-0.3, -0.25) is 9.59 Å². The van der Waals surface area contributed by atoms with Crippen molar-refractivity contribution in [3.63, 3.8) is 0 Å². The summed E-state index contributed by atoms with van der Waals surface area (Å²) in [5, 5.41) is 8.77. The molecule has 41 heavy (non-hydrogen) atoms. The van der Waals surface area contributed by atoms with Crippen LogP contribution in [0, 0.1) is 0 Å². The van der Waals surface area contributed by atoms with Gasteiger partial charge in [0.1, 0.15) is 6.04 Å². The van der Waals surface area contributed by atoms with Crippen molar-refractivity contribution in [3.8, 4) is 0 Å². The maximum atomic E-state index is 13.3. The minimum absolute atomic E-state index is 0.274. The number of nitrogens with one attached hydrogen (secondary N) is 3. The van der Waals surface area contributed by atoms with Gasteiger partial charge < -0.3 is 26.6 Å². The van der Waals surface area contributed by atoms with Crippen LogP contribution in [0.25, 0.3) is 6.08 Å². The zero-order valence-electron chi connectivity index (χ0n) is 22.6. The Balaban J connectivity index is 1.43. The fourth-order valence-corrected chi connectivity index (χ4v) is 4.63. The number of anilines is 3. The first-order chi connectivity index (χ1) is 19.7. The van der Waals surface area contributed by atoms with Crippen molar-refractivity contribution in [2.45, 2.75) is 31.5 Å². The van der Waals surface area contributed by atoms with E-state index in [0.717, 1.165) is 50.2 Å². The molecule has 1 aliphatic rings. The first-order valence-corrected chi connectivity index (χ1v) is 13.6. The quantitative estimate of drug-likeness (QED) is 0.187. The topological polar surface area (TPSA) is 99.5 Å². The van der Waals surface area contributed by atoms with Crippen LogP contribution >= 0.6 is 0 Å². The van der Waals surface area contributed by atoms with Crippen LogP contribution in [-0.4, -0.2) is 42.9 Å². The number of nitrogen functional groups attached to an aromatic ring is 1. The van der Waals surface area contributed by atoms with Crippen LogP contribution in [0.15, 0.2) is 78.9 Å². The number of piperidine rings is 1. The largest absolute Gasteiger partial charge is 0.416 e. The molecule has 0 aliphatic carbocycles. The summed E-state index contributed by atoms with van der Waals surface area (Å²) in [6, 6.07) is 17.8. The molecule has 1 fully saturated rings. The number of nitrogens with two attached hydrogens (primary N) is 1. The zero-order valence-corrected chi connectivity index (χ0v) is 22.6. The Morgan fingerprint density at radius 2 is 1.59 bits per heavy atom. The Hall–Kier alpha value is -4.15. The van der Waals surface area contributed by atoms with E-state index < -0.39 is 17.8 Å². The van der Waals surface area contributed by atoms with Crippen molar-refractivity contribution in [1.82, 2.24) is 10.2 Å². The van der Waals surface area contributed by atoms with Crippen LogP contribution in [0.2, 0.25) is 0 Å². The molecule has 1 atom stereocenters. The van der Waals surface area contributed by atoms with Gasteiger partial charge in [0.05, 0.1) is 16.9 Å². The molecule has 2 amide bonds. The number of nitrogens with zero attached hydrogens (tertiary/aromatic N) is 1. The van der Waals surface area contributed by atoms with Crippen LogP contribution in [0.1, 0.15) is 42.0 Å². The van der Waals surface area contributed by atoms with E-state index in [2.05, 4.69) is 20.9 Å². The molecule has 1 aliphatic heterocycles. The van der Waals surface area contributed by atoms with E-state index >= 15 is 0 Å². The van der Waals surface area contributed by atoms with E-state index in [4.69, 9.17) is 5.73 Å². The van der Waals surface area contributed by atoms with Gasteiger partial charge in [-0.15, -0.1) is 0 Å². The van der Waals surface area contributed by atoms with Crippen LogP contribution in [0.3, 0.4) is 0 Å². The lowest BCUT2D eigenvalue weighted by Crippen LogP contribution is -2.40. The third kappa shape index (κ3) is 8.92. The molecule has 0 spiro atoms. The lowest BCUT2D eigenvalue weighted by Gasteiger charge is -2.27. The molecule has 216 valence electrons. The number of hydrogen-bond donors (Lipinski definition) is 4. The fourth-order valence-electron chi connectivity index (χ4n) is 4.63. The first kappa shape index (κ1) is 29.8. The molecule has 1 heterocycles. The summed E-state index contributed by atoms with van der Waals surface area (Å²) in [7, 11) is 0. The maximum Gasteiger partial charge on any atom is 0.416 e. The lowest BCUT2D eigenvalue weighted by atomic mass is 10.0. The van der Waals surface area contributed by atoms with Crippen molar-refractivity contribution in [2.75, 3.05) is 42.5 Å². The molecule has 0 saturated carbocycles. The Kier molecular flexibility index (Phi) is 10.2. The summed E-state index contributed by atoms with van der Waals surface area (Å²) < 4.78 is 38.8. The Bertz CT molecular complexity index is 1340. The molecule has 7 nitrogen and oxygen atoms in total. The van der Waals surface area contributed by atoms with Crippen LogP contribution in [0.4, 0.5) is 30.2 Å². The number of amides is 2. The number of hydrogen-bond acceptors (Lipinski definition) is 5. The molecule has 1 unspecified atom stereocenters. The summed E-state index contributed by atoms with van der Waals surface area (Å²) in [4.78, 5) is 28.0.